The number of halogens is 2. The summed E-state index contributed by atoms with van der Waals surface area (Å²) in [6.45, 7) is 0. The van der Waals surface area contributed by atoms with E-state index in [9.17, 15) is 4.39 Å². The van der Waals surface area contributed by atoms with E-state index in [-0.39, 0.29) is 10.8 Å². The minimum atomic E-state index is -0.379. The summed E-state index contributed by atoms with van der Waals surface area (Å²) < 4.78 is 13.8. The number of nitrogens with two attached hydrogens (primary N) is 1. The van der Waals surface area contributed by atoms with Gasteiger partial charge >= 0.3 is 0 Å². The molecule has 1 heterocycles. The normalized spacial score (nSPS) is 10.8. The van der Waals surface area contributed by atoms with Crippen molar-refractivity contribution >= 4 is 38.7 Å². The van der Waals surface area contributed by atoms with Crippen LogP contribution >= 0.6 is 22.9 Å². The molecular formula is C8H5ClFNS. The lowest BCUT2D eigenvalue weighted by Crippen LogP contribution is -1.81. The lowest BCUT2D eigenvalue weighted by atomic mass is 10.2. The van der Waals surface area contributed by atoms with E-state index in [4.69, 9.17) is 17.3 Å². The fourth-order valence-electron chi connectivity index (χ4n) is 1.06. The average molecular weight is 202 g/mol. The zero-order valence-corrected chi connectivity index (χ0v) is 7.55. The third kappa shape index (κ3) is 0.974. The lowest BCUT2D eigenvalue weighted by molar-refractivity contribution is 0.642. The van der Waals surface area contributed by atoms with E-state index >= 15 is 0 Å². The van der Waals surface area contributed by atoms with Crippen LogP contribution in [0.25, 0.3) is 10.1 Å². The van der Waals surface area contributed by atoms with E-state index in [1.54, 1.807) is 11.4 Å². The molecule has 0 unspecified atom stereocenters. The van der Waals surface area contributed by atoms with Crippen LogP contribution in [0.3, 0.4) is 0 Å². The van der Waals surface area contributed by atoms with Crippen LogP contribution in [0.15, 0.2) is 17.5 Å². The van der Waals surface area contributed by atoms with Gasteiger partial charge in [-0.05, 0) is 12.1 Å². The van der Waals surface area contributed by atoms with Crippen molar-refractivity contribution in [3.05, 3.63) is 28.4 Å². The molecule has 0 aliphatic carbocycles. The molecule has 1 aromatic carbocycles. The molecule has 0 saturated carbocycles. The van der Waals surface area contributed by atoms with Crippen molar-refractivity contribution in [2.24, 2.45) is 0 Å². The molecule has 1 aromatic heterocycles. The number of rotatable bonds is 0. The van der Waals surface area contributed by atoms with E-state index in [0.717, 1.165) is 5.39 Å². The summed E-state index contributed by atoms with van der Waals surface area (Å²) >= 11 is 6.86. The Morgan fingerprint density at radius 1 is 1.42 bits per heavy atom. The summed E-state index contributed by atoms with van der Waals surface area (Å²) in [5.74, 6) is -0.379. The van der Waals surface area contributed by atoms with Crippen molar-refractivity contribution in [1.29, 1.82) is 0 Å². The number of fused-ring (bicyclic) bond motifs is 1. The minimum Gasteiger partial charge on any atom is -0.398 e. The molecule has 12 heavy (non-hydrogen) atoms. The summed E-state index contributed by atoms with van der Waals surface area (Å²) in [6.07, 6.45) is 0. The number of nitrogen functional groups attached to an aromatic ring is 1. The van der Waals surface area contributed by atoms with Gasteiger partial charge in [-0.25, -0.2) is 4.39 Å². The van der Waals surface area contributed by atoms with E-state index in [2.05, 4.69) is 0 Å². The highest BCUT2D eigenvalue weighted by atomic mass is 35.5. The molecule has 0 fully saturated rings. The van der Waals surface area contributed by atoms with Gasteiger partial charge < -0.3 is 5.73 Å². The van der Waals surface area contributed by atoms with Crippen LogP contribution in [0.5, 0.6) is 0 Å². The van der Waals surface area contributed by atoms with Crippen LogP contribution in [0, 0.1) is 5.82 Å². The first-order valence-electron chi connectivity index (χ1n) is 3.31. The Morgan fingerprint density at radius 3 is 2.92 bits per heavy atom. The fourth-order valence-corrected chi connectivity index (χ4v) is 2.17. The van der Waals surface area contributed by atoms with Gasteiger partial charge in [0.25, 0.3) is 0 Å². The Labute approximate surface area is 77.6 Å². The Hall–Kier alpha value is -0.800. The van der Waals surface area contributed by atoms with Crippen LogP contribution in [0.1, 0.15) is 0 Å². The van der Waals surface area contributed by atoms with Gasteiger partial charge in [-0.3, -0.25) is 0 Å². The molecule has 0 spiro atoms. The van der Waals surface area contributed by atoms with Gasteiger partial charge in [-0.15, -0.1) is 11.3 Å². The van der Waals surface area contributed by atoms with Gasteiger partial charge in [-0.2, -0.15) is 0 Å². The highest BCUT2D eigenvalue weighted by molar-refractivity contribution is 7.17. The smallest absolute Gasteiger partial charge is 0.159 e. The summed E-state index contributed by atoms with van der Waals surface area (Å²) in [4.78, 5) is 0. The second kappa shape index (κ2) is 2.61. The quantitative estimate of drug-likeness (QED) is 0.696. The van der Waals surface area contributed by atoms with Gasteiger partial charge in [0.1, 0.15) is 0 Å². The van der Waals surface area contributed by atoms with E-state index in [0.29, 0.717) is 10.4 Å². The average Bonchev–Trinajstić information content (AvgIpc) is 2.41. The van der Waals surface area contributed by atoms with Gasteiger partial charge in [0, 0.05) is 10.8 Å². The molecule has 0 amide bonds. The van der Waals surface area contributed by atoms with Crippen molar-refractivity contribution in [3.63, 3.8) is 0 Å². The van der Waals surface area contributed by atoms with Gasteiger partial charge in [-0.1, -0.05) is 11.6 Å². The molecule has 62 valence electrons. The predicted octanol–water partition coefficient (Wildman–Crippen LogP) is 3.28. The summed E-state index contributed by atoms with van der Waals surface area (Å²) in [6, 6.07) is 3.24. The molecule has 1 nitrogen and oxygen atoms in total. The number of thiophene rings is 1. The predicted molar refractivity (Wildman–Crippen MR) is 51.2 cm³/mol. The van der Waals surface area contributed by atoms with E-state index in [1.807, 2.05) is 0 Å². The van der Waals surface area contributed by atoms with E-state index < -0.39 is 0 Å². The summed E-state index contributed by atoms with van der Waals surface area (Å²) in [5.41, 5.74) is 6.20. The Morgan fingerprint density at radius 2 is 2.17 bits per heavy atom. The first-order chi connectivity index (χ1) is 5.70. The molecule has 4 heteroatoms. The molecule has 2 aromatic rings. The van der Waals surface area contributed by atoms with Crippen LogP contribution in [-0.4, -0.2) is 0 Å². The maximum absolute atomic E-state index is 13.2. The molecule has 2 N–H and O–H groups in total. The molecule has 0 radical (unpaired) electrons. The molecule has 0 bridgehead atoms. The summed E-state index contributed by atoms with van der Waals surface area (Å²) in [7, 11) is 0. The maximum atomic E-state index is 13.2. The first kappa shape index (κ1) is 7.83. The zero-order valence-electron chi connectivity index (χ0n) is 5.97. The van der Waals surface area contributed by atoms with Gasteiger partial charge in [0.15, 0.2) is 5.82 Å². The first-order valence-corrected chi connectivity index (χ1v) is 4.56. The van der Waals surface area contributed by atoms with E-state index in [1.165, 1.54) is 17.4 Å². The van der Waals surface area contributed by atoms with Crippen LogP contribution in [0.2, 0.25) is 5.02 Å². The Kier molecular flexibility index (Phi) is 1.70. The van der Waals surface area contributed by atoms with Crippen molar-refractivity contribution in [2.75, 3.05) is 5.73 Å². The highest BCUT2D eigenvalue weighted by Gasteiger charge is 2.08. The highest BCUT2D eigenvalue weighted by Crippen LogP contribution is 2.33. The van der Waals surface area contributed by atoms with Crippen molar-refractivity contribution in [2.45, 2.75) is 0 Å². The zero-order chi connectivity index (χ0) is 8.72. The van der Waals surface area contributed by atoms with Crippen molar-refractivity contribution in [1.82, 2.24) is 0 Å². The third-order valence-corrected chi connectivity index (χ3v) is 2.96. The Balaban J connectivity index is 2.93. The second-order valence-corrected chi connectivity index (χ2v) is 3.72. The van der Waals surface area contributed by atoms with Crippen LogP contribution < -0.4 is 5.73 Å². The molecule has 0 aliphatic rings. The second-order valence-electron chi connectivity index (χ2n) is 2.43. The number of benzene rings is 1. The Bertz CT molecular complexity index is 438. The standard InChI is InChI=1S/C8H5ClFNS/c9-5-2-1-4-6(11)3-12-8(4)7(5)10/h1-3H,11H2. The summed E-state index contributed by atoms with van der Waals surface area (Å²) in [5, 5.41) is 2.59. The molecule has 2 rings (SSSR count). The maximum Gasteiger partial charge on any atom is 0.159 e. The third-order valence-electron chi connectivity index (χ3n) is 1.66. The number of anilines is 1. The largest absolute Gasteiger partial charge is 0.398 e. The fraction of sp³-hybridized carbons (Fsp3) is 0. The van der Waals surface area contributed by atoms with Gasteiger partial charge in [0.05, 0.1) is 15.4 Å². The molecule has 0 atom stereocenters. The van der Waals surface area contributed by atoms with Gasteiger partial charge in [0.2, 0.25) is 0 Å². The van der Waals surface area contributed by atoms with Crippen LogP contribution in [-0.2, 0) is 0 Å². The molecule has 0 saturated heterocycles. The molecular weight excluding hydrogens is 197 g/mol. The number of hydrogen-bond donors (Lipinski definition) is 1. The monoisotopic (exact) mass is 201 g/mol. The van der Waals surface area contributed by atoms with Crippen LogP contribution in [0.4, 0.5) is 10.1 Å². The van der Waals surface area contributed by atoms with Crippen molar-refractivity contribution in [3.8, 4) is 0 Å². The SMILES string of the molecule is Nc1csc2c(F)c(Cl)ccc12. The number of hydrogen-bond acceptors (Lipinski definition) is 2. The topological polar surface area (TPSA) is 26.0 Å². The van der Waals surface area contributed by atoms with Crippen molar-refractivity contribution < 1.29 is 4.39 Å². The molecule has 0 aliphatic heterocycles. The lowest BCUT2D eigenvalue weighted by Gasteiger charge is -1.95. The minimum absolute atomic E-state index is 0.143.